The summed E-state index contributed by atoms with van der Waals surface area (Å²) in [5, 5.41) is 8.63. The Labute approximate surface area is 82.7 Å². The number of carbonyl (C=O) groups excluding carboxylic acids is 2. The SMILES string of the molecule is C=CC(N)=O.C=O.Oc1ccccc1. The predicted molar refractivity (Wildman–Crippen MR) is 54.6 cm³/mol. The van der Waals surface area contributed by atoms with Crippen LogP contribution in [0, 0.1) is 0 Å². The van der Waals surface area contributed by atoms with Crippen LogP contribution in [0.2, 0.25) is 0 Å². The molecule has 4 nitrogen and oxygen atoms in total. The standard InChI is InChI=1S/C6H6O.C3H5NO.CH2O/c7-6-4-2-1-3-5-6;1-2-3(4)5;1-2/h1-5,7H;2H,1H2,(H2,4,5);1H2. The van der Waals surface area contributed by atoms with Gasteiger partial charge in [-0.3, -0.25) is 4.79 Å². The number of phenols is 1. The van der Waals surface area contributed by atoms with E-state index in [2.05, 4.69) is 12.3 Å². The topological polar surface area (TPSA) is 80.4 Å². The first-order valence-electron chi connectivity index (χ1n) is 3.61. The molecule has 1 aromatic rings. The quantitative estimate of drug-likeness (QED) is 0.652. The van der Waals surface area contributed by atoms with Crippen molar-refractivity contribution in [3.8, 4) is 5.75 Å². The van der Waals surface area contributed by atoms with Gasteiger partial charge in [-0.2, -0.15) is 0 Å². The van der Waals surface area contributed by atoms with Crippen LogP contribution in [0.1, 0.15) is 0 Å². The maximum atomic E-state index is 9.47. The number of hydrogen-bond acceptors (Lipinski definition) is 3. The number of primary amides is 1. The van der Waals surface area contributed by atoms with Crippen molar-refractivity contribution in [3.63, 3.8) is 0 Å². The smallest absolute Gasteiger partial charge is 0.240 e. The van der Waals surface area contributed by atoms with E-state index in [0.29, 0.717) is 5.75 Å². The molecule has 1 amide bonds. The summed E-state index contributed by atoms with van der Waals surface area (Å²) in [6.45, 7) is 5.09. The molecule has 1 rings (SSSR count). The molecule has 0 aliphatic rings. The molecule has 14 heavy (non-hydrogen) atoms. The van der Waals surface area contributed by atoms with Crippen LogP contribution in [0.4, 0.5) is 0 Å². The third-order valence-electron chi connectivity index (χ3n) is 0.957. The van der Waals surface area contributed by atoms with E-state index in [9.17, 15) is 4.79 Å². The zero-order valence-electron chi connectivity index (χ0n) is 7.72. The Morgan fingerprint density at radius 2 is 1.64 bits per heavy atom. The third kappa shape index (κ3) is 12.6. The van der Waals surface area contributed by atoms with Crippen LogP contribution in [0.5, 0.6) is 5.75 Å². The summed E-state index contributed by atoms with van der Waals surface area (Å²) in [5.74, 6) is -0.160. The van der Waals surface area contributed by atoms with Crippen LogP contribution in [0.25, 0.3) is 0 Å². The number of hydrogen-bond donors (Lipinski definition) is 2. The molecule has 0 unspecified atom stereocenters. The number of carbonyl (C=O) groups is 2. The number of phenolic OH excluding ortho intramolecular Hbond substituents is 1. The first kappa shape index (κ1) is 14.4. The summed E-state index contributed by atoms with van der Waals surface area (Å²) >= 11 is 0. The van der Waals surface area contributed by atoms with Gasteiger partial charge in [-0.15, -0.1) is 0 Å². The van der Waals surface area contributed by atoms with Gasteiger partial charge >= 0.3 is 0 Å². The van der Waals surface area contributed by atoms with Gasteiger partial charge in [0.15, 0.2) is 0 Å². The Balaban J connectivity index is 0. The maximum absolute atomic E-state index is 9.47. The average Bonchev–Trinajstić information content (AvgIpc) is 2.23. The van der Waals surface area contributed by atoms with Gasteiger partial charge in [-0.1, -0.05) is 24.8 Å². The van der Waals surface area contributed by atoms with Gasteiger partial charge in [0.2, 0.25) is 5.91 Å². The molecule has 0 saturated heterocycles. The highest BCUT2D eigenvalue weighted by atomic mass is 16.3. The van der Waals surface area contributed by atoms with Gasteiger partial charge in [-0.05, 0) is 18.2 Å². The van der Waals surface area contributed by atoms with Crippen LogP contribution in [0.3, 0.4) is 0 Å². The van der Waals surface area contributed by atoms with E-state index in [0.717, 1.165) is 6.08 Å². The molecule has 0 aliphatic heterocycles. The molecule has 0 bridgehead atoms. The zero-order chi connectivity index (χ0) is 11.4. The molecule has 0 spiro atoms. The number of para-hydroxylation sites is 1. The minimum absolute atomic E-state index is 0.322. The highest BCUT2D eigenvalue weighted by molar-refractivity contribution is 5.84. The lowest BCUT2D eigenvalue weighted by atomic mass is 10.3. The lowest BCUT2D eigenvalue weighted by Crippen LogP contribution is -2.04. The molecule has 0 heterocycles. The molecule has 3 N–H and O–H groups in total. The van der Waals surface area contributed by atoms with Crippen LogP contribution in [0.15, 0.2) is 43.0 Å². The Morgan fingerprint density at radius 1 is 1.29 bits per heavy atom. The first-order chi connectivity index (χ1) is 6.66. The fourth-order valence-corrected chi connectivity index (χ4v) is 0.428. The number of benzene rings is 1. The summed E-state index contributed by atoms with van der Waals surface area (Å²) in [6, 6.07) is 8.71. The van der Waals surface area contributed by atoms with E-state index < -0.39 is 5.91 Å². The molecular formula is C10H13NO3. The Bertz CT molecular complexity index is 259. The number of nitrogens with two attached hydrogens (primary N) is 1. The fraction of sp³-hybridized carbons (Fsp3) is 0. The summed E-state index contributed by atoms with van der Waals surface area (Å²) in [7, 11) is 0. The van der Waals surface area contributed by atoms with Gasteiger partial charge < -0.3 is 15.6 Å². The van der Waals surface area contributed by atoms with E-state index in [-0.39, 0.29) is 0 Å². The number of rotatable bonds is 1. The molecule has 0 fully saturated rings. The second kappa shape index (κ2) is 10.9. The van der Waals surface area contributed by atoms with Crippen LogP contribution >= 0.6 is 0 Å². The van der Waals surface area contributed by atoms with Crippen molar-refractivity contribution in [1.82, 2.24) is 0 Å². The van der Waals surface area contributed by atoms with Gasteiger partial charge in [0.25, 0.3) is 0 Å². The van der Waals surface area contributed by atoms with Gasteiger partial charge in [0.05, 0.1) is 0 Å². The summed E-state index contributed by atoms with van der Waals surface area (Å²) < 4.78 is 0. The molecule has 0 aliphatic carbocycles. The molecule has 0 saturated carbocycles. The predicted octanol–water partition coefficient (Wildman–Crippen LogP) is 0.865. The molecular weight excluding hydrogens is 182 g/mol. The van der Waals surface area contributed by atoms with Crippen molar-refractivity contribution in [3.05, 3.63) is 43.0 Å². The number of amides is 1. The average molecular weight is 195 g/mol. The Kier molecular flexibility index (Phi) is 11.2. The number of aromatic hydroxyl groups is 1. The molecule has 0 radical (unpaired) electrons. The van der Waals surface area contributed by atoms with E-state index in [1.165, 1.54) is 0 Å². The van der Waals surface area contributed by atoms with Crippen molar-refractivity contribution in [2.45, 2.75) is 0 Å². The fourth-order valence-electron chi connectivity index (χ4n) is 0.428. The molecule has 0 atom stereocenters. The van der Waals surface area contributed by atoms with Crippen LogP contribution in [-0.4, -0.2) is 17.8 Å². The van der Waals surface area contributed by atoms with Gasteiger partial charge in [0, 0.05) is 0 Å². The van der Waals surface area contributed by atoms with Crippen molar-refractivity contribution < 1.29 is 14.7 Å². The second-order valence-corrected chi connectivity index (χ2v) is 1.94. The normalized spacial score (nSPS) is 6.86. The monoisotopic (exact) mass is 195 g/mol. The van der Waals surface area contributed by atoms with Crippen molar-refractivity contribution in [1.29, 1.82) is 0 Å². The Morgan fingerprint density at radius 3 is 1.79 bits per heavy atom. The highest BCUT2D eigenvalue weighted by Gasteiger charge is 1.74. The van der Waals surface area contributed by atoms with E-state index in [1.807, 2.05) is 12.9 Å². The summed E-state index contributed by atoms with van der Waals surface area (Å²) in [5.41, 5.74) is 4.53. The zero-order valence-corrected chi connectivity index (χ0v) is 7.72. The Hall–Kier alpha value is -2.10. The van der Waals surface area contributed by atoms with E-state index in [4.69, 9.17) is 9.90 Å². The van der Waals surface area contributed by atoms with Gasteiger partial charge in [-0.25, -0.2) is 0 Å². The second-order valence-electron chi connectivity index (χ2n) is 1.94. The maximum Gasteiger partial charge on any atom is 0.240 e. The van der Waals surface area contributed by atoms with Crippen LogP contribution < -0.4 is 5.73 Å². The van der Waals surface area contributed by atoms with Crippen LogP contribution in [-0.2, 0) is 9.59 Å². The third-order valence-corrected chi connectivity index (χ3v) is 0.957. The molecule has 1 aromatic carbocycles. The minimum atomic E-state index is -0.481. The van der Waals surface area contributed by atoms with Gasteiger partial charge in [0.1, 0.15) is 12.5 Å². The first-order valence-corrected chi connectivity index (χ1v) is 3.61. The van der Waals surface area contributed by atoms with Crippen molar-refractivity contribution in [2.75, 3.05) is 0 Å². The van der Waals surface area contributed by atoms with E-state index in [1.54, 1.807) is 24.3 Å². The summed E-state index contributed by atoms with van der Waals surface area (Å²) in [4.78, 5) is 17.5. The van der Waals surface area contributed by atoms with Crippen molar-refractivity contribution >= 4 is 12.7 Å². The lowest BCUT2D eigenvalue weighted by Gasteiger charge is -1.82. The minimum Gasteiger partial charge on any atom is -0.508 e. The van der Waals surface area contributed by atoms with E-state index >= 15 is 0 Å². The highest BCUT2D eigenvalue weighted by Crippen LogP contribution is 2.02. The molecule has 76 valence electrons. The largest absolute Gasteiger partial charge is 0.508 e. The molecule has 4 heteroatoms. The molecule has 0 aromatic heterocycles. The summed E-state index contributed by atoms with van der Waals surface area (Å²) in [6.07, 6.45) is 1.06. The van der Waals surface area contributed by atoms with Crippen molar-refractivity contribution in [2.24, 2.45) is 5.73 Å². The lowest BCUT2D eigenvalue weighted by molar-refractivity contribution is -0.113.